The van der Waals surface area contributed by atoms with Crippen LogP contribution in [0.2, 0.25) is 10.0 Å². The van der Waals surface area contributed by atoms with Crippen molar-refractivity contribution in [1.29, 1.82) is 0 Å². The molecule has 392 valence electrons. The molecule has 0 radical (unpaired) electrons. The molecule has 14 rings (SSSR count). The zero-order valence-corrected chi connectivity index (χ0v) is 44.0. The van der Waals surface area contributed by atoms with Gasteiger partial charge in [0.15, 0.2) is 17.1 Å². The SMILES string of the molecule is O=C(CCc1ncn2ccc(Cl)cc12)c1cnn(Cc2cn3cc(C4CC4)cc(N4CCCC4=O)c3n2)c1.O=C(NCc1ncn2ccc(Cl)cc12)c1cn[nH]c1.O=C1CCCN1c1cc(C2CC2)cn2cc(CCl)nc12. The van der Waals surface area contributed by atoms with Crippen LogP contribution in [0.4, 0.5) is 11.4 Å². The van der Waals surface area contributed by atoms with Gasteiger partial charge in [-0.1, -0.05) is 23.2 Å². The van der Waals surface area contributed by atoms with Crippen molar-refractivity contribution in [2.24, 2.45) is 0 Å². The predicted molar refractivity (Wildman–Crippen MR) is 291 cm³/mol. The van der Waals surface area contributed by atoms with Crippen molar-refractivity contribution in [3.63, 3.8) is 0 Å². The molecule has 10 aromatic heterocycles. The van der Waals surface area contributed by atoms with Crippen LogP contribution in [0.15, 0.2) is 111 Å². The summed E-state index contributed by atoms with van der Waals surface area (Å²) in [4.78, 5) is 71.1. The zero-order valence-electron chi connectivity index (χ0n) is 41.7. The Kier molecular flexibility index (Phi) is 13.8. The van der Waals surface area contributed by atoms with Crippen LogP contribution in [0.25, 0.3) is 22.3 Å². The molecule has 2 aliphatic heterocycles. The van der Waals surface area contributed by atoms with E-state index in [9.17, 15) is 19.2 Å². The molecule has 0 bridgehead atoms. The highest BCUT2D eigenvalue weighted by molar-refractivity contribution is 6.31. The number of nitrogens with zero attached hydrogens (tertiary/aromatic N) is 13. The van der Waals surface area contributed by atoms with Gasteiger partial charge >= 0.3 is 0 Å². The Morgan fingerprint density at radius 2 is 1.27 bits per heavy atom. The van der Waals surface area contributed by atoms with E-state index in [4.69, 9.17) is 39.8 Å². The fourth-order valence-electron chi connectivity index (χ4n) is 10.1. The lowest BCUT2D eigenvalue weighted by Crippen LogP contribution is -2.24. The highest BCUT2D eigenvalue weighted by Crippen LogP contribution is 2.43. The quantitative estimate of drug-likeness (QED) is 0.0780. The number of nitrogens with one attached hydrogen (secondary N) is 2. The number of aromatic amines is 1. The third-order valence-corrected chi connectivity index (χ3v) is 15.1. The number of rotatable bonds is 14. The number of carbonyl (C=O) groups is 4. The van der Waals surface area contributed by atoms with Gasteiger partial charge in [-0.2, -0.15) is 10.2 Å². The molecule has 10 aromatic rings. The Labute approximate surface area is 455 Å². The average molecular weight is 1090 g/mol. The lowest BCUT2D eigenvalue weighted by molar-refractivity contribution is -0.117. The van der Waals surface area contributed by atoms with Crippen LogP contribution >= 0.6 is 34.8 Å². The monoisotopic (exact) mass is 1090 g/mol. The largest absolute Gasteiger partial charge is 0.346 e. The first-order chi connectivity index (χ1) is 37.5. The molecule has 0 spiro atoms. The van der Waals surface area contributed by atoms with Crippen molar-refractivity contribution in [1.82, 2.24) is 62.8 Å². The summed E-state index contributed by atoms with van der Waals surface area (Å²) >= 11 is 18.0. The minimum absolute atomic E-state index is 0.0123. The predicted octanol–water partition coefficient (Wildman–Crippen LogP) is 9.42. The molecule has 0 atom stereocenters. The molecule has 2 N–H and O–H groups in total. The highest BCUT2D eigenvalue weighted by atomic mass is 35.5. The minimum Gasteiger partial charge on any atom is -0.346 e. The van der Waals surface area contributed by atoms with Crippen LogP contribution in [0.3, 0.4) is 0 Å². The first-order valence-electron chi connectivity index (χ1n) is 25.8. The fraction of sp³-hybridized carbons (Fsp3) is 0.309. The van der Waals surface area contributed by atoms with Gasteiger partial charge in [0.05, 0.1) is 100 Å². The van der Waals surface area contributed by atoms with E-state index in [1.807, 2.05) is 64.3 Å². The average Bonchev–Trinajstić information content (AvgIpc) is 3.88. The number of H-pyrrole nitrogens is 1. The Morgan fingerprint density at radius 1 is 0.688 bits per heavy atom. The maximum absolute atomic E-state index is 12.9. The molecule has 0 unspecified atom stereocenters. The van der Waals surface area contributed by atoms with Crippen molar-refractivity contribution >= 4 is 92.0 Å². The van der Waals surface area contributed by atoms with Gasteiger partial charge in [-0.3, -0.25) is 29.0 Å². The van der Waals surface area contributed by atoms with Gasteiger partial charge in [-0.05, 0) is 104 Å². The van der Waals surface area contributed by atoms with E-state index in [0.717, 1.165) is 82.4 Å². The molecule has 19 nitrogen and oxygen atoms in total. The second kappa shape index (κ2) is 21.3. The number of aryl methyl sites for hydroxylation is 1. The van der Waals surface area contributed by atoms with E-state index in [2.05, 4.69) is 60.1 Å². The van der Waals surface area contributed by atoms with Crippen LogP contribution in [-0.2, 0) is 35.0 Å². The second-order valence-corrected chi connectivity index (χ2v) is 21.0. The summed E-state index contributed by atoms with van der Waals surface area (Å²) in [7, 11) is 0. The van der Waals surface area contributed by atoms with Gasteiger partial charge in [-0.15, -0.1) is 11.6 Å². The summed E-state index contributed by atoms with van der Waals surface area (Å²) < 4.78 is 9.57. The number of ketones is 1. The minimum atomic E-state index is -0.197. The number of fused-ring (bicyclic) bond motifs is 4. The van der Waals surface area contributed by atoms with E-state index in [-0.39, 0.29) is 23.5 Å². The normalized spacial score (nSPS) is 15.5. The lowest BCUT2D eigenvalue weighted by atomic mass is 10.1. The van der Waals surface area contributed by atoms with Crippen molar-refractivity contribution in [2.45, 2.75) is 95.0 Å². The molecular weight excluding hydrogens is 1040 g/mol. The Hall–Kier alpha value is -7.87. The number of amides is 3. The summed E-state index contributed by atoms with van der Waals surface area (Å²) in [6.07, 6.45) is 30.5. The number of carbonyl (C=O) groups excluding carboxylic acids is 4. The van der Waals surface area contributed by atoms with Crippen LogP contribution in [-0.4, -0.2) is 94.1 Å². The molecular formula is C55H52Cl3N15O4. The van der Waals surface area contributed by atoms with Gasteiger partial charge in [0.25, 0.3) is 5.91 Å². The van der Waals surface area contributed by atoms with Gasteiger partial charge < -0.3 is 32.7 Å². The number of halogens is 3. The smallest absolute Gasteiger partial charge is 0.254 e. The number of alkyl halides is 1. The zero-order chi connectivity index (χ0) is 52.7. The van der Waals surface area contributed by atoms with Crippen LogP contribution < -0.4 is 15.1 Å². The van der Waals surface area contributed by atoms with Gasteiger partial charge in [0, 0.05) is 92.0 Å². The molecule has 3 amide bonds. The third-order valence-electron chi connectivity index (χ3n) is 14.4. The Morgan fingerprint density at radius 3 is 1.83 bits per heavy atom. The fourth-order valence-corrected chi connectivity index (χ4v) is 10.5. The number of hydrogen-bond donors (Lipinski definition) is 2. The molecule has 0 aromatic carbocycles. The van der Waals surface area contributed by atoms with Crippen LogP contribution in [0, 0.1) is 0 Å². The molecule has 4 aliphatic rings. The maximum atomic E-state index is 12.9. The van der Waals surface area contributed by atoms with Gasteiger partial charge in [-0.25, -0.2) is 19.9 Å². The summed E-state index contributed by atoms with van der Waals surface area (Å²) in [5, 5.41) is 14.8. The van der Waals surface area contributed by atoms with Crippen molar-refractivity contribution in [3.05, 3.63) is 166 Å². The number of Topliss-reactive ketones (excluding diaryl/α,β-unsaturated/α-hetero) is 1. The number of pyridine rings is 4. The Balaban J connectivity index is 0.000000128. The van der Waals surface area contributed by atoms with Gasteiger partial charge in [0.1, 0.15) is 0 Å². The first-order valence-corrected chi connectivity index (χ1v) is 27.1. The van der Waals surface area contributed by atoms with Crippen molar-refractivity contribution in [2.75, 3.05) is 22.9 Å². The summed E-state index contributed by atoms with van der Waals surface area (Å²) in [5.74, 6) is 1.79. The van der Waals surface area contributed by atoms with E-state index < -0.39 is 0 Å². The molecule has 4 fully saturated rings. The van der Waals surface area contributed by atoms with Crippen molar-refractivity contribution in [3.8, 4) is 0 Å². The second-order valence-electron chi connectivity index (χ2n) is 19.9. The summed E-state index contributed by atoms with van der Waals surface area (Å²) in [5.41, 5.74) is 12.2. The lowest BCUT2D eigenvalue weighted by Gasteiger charge is -2.17. The number of imidazole rings is 4. The standard InChI is InChI=1S/C28H26ClN7O2.C15H16ClN3O.C12H10ClN5O/c29-21-7-9-33-17-30-23(24(33)11-21)5-6-26(37)20-12-31-35(14-20)16-22-15-34-13-19(18-3-4-18)10-25(28(34)32-22)36-8-1-2-27(36)38;16-7-12-9-18-8-11(10-3-4-10)6-13(15(18)17-12)19-5-1-2-14(19)20;13-9-1-2-18-7-15-10(11(18)3-9)6-14-12(19)8-4-16-17-5-8/h7,9-15,17-18H,1-6,8,16H2;6,8-10H,1-5,7H2;1-5,7H,6H2,(H,14,19)(H,16,17). The molecule has 2 saturated carbocycles. The first kappa shape index (κ1) is 50.0. The summed E-state index contributed by atoms with van der Waals surface area (Å²) in [6, 6.07) is 11.6. The highest BCUT2D eigenvalue weighted by Gasteiger charge is 2.31. The van der Waals surface area contributed by atoms with Crippen LogP contribution in [0.5, 0.6) is 0 Å². The topological polar surface area (TPSA) is 202 Å². The molecule has 12 heterocycles. The molecule has 2 aliphatic carbocycles. The summed E-state index contributed by atoms with van der Waals surface area (Å²) in [6.45, 7) is 2.30. The molecule has 22 heteroatoms. The van der Waals surface area contributed by atoms with E-state index in [1.165, 1.54) is 49.2 Å². The van der Waals surface area contributed by atoms with Gasteiger partial charge in [0.2, 0.25) is 11.8 Å². The van der Waals surface area contributed by atoms with Crippen LogP contribution in [0.1, 0.15) is 124 Å². The number of anilines is 2. The Bertz CT molecular complexity index is 3870. The number of hydrogen-bond acceptors (Lipinski definition) is 10. The van der Waals surface area contributed by atoms with E-state index in [1.54, 1.807) is 41.9 Å². The third kappa shape index (κ3) is 10.8. The van der Waals surface area contributed by atoms with E-state index >= 15 is 0 Å². The molecule has 2 saturated heterocycles. The van der Waals surface area contributed by atoms with Crippen molar-refractivity contribution < 1.29 is 19.2 Å². The van der Waals surface area contributed by atoms with E-state index in [0.29, 0.717) is 77.7 Å². The molecule has 77 heavy (non-hydrogen) atoms. The number of aromatic nitrogens is 12. The maximum Gasteiger partial charge on any atom is 0.254 e.